The molecule has 3 rings (SSSR count). The Bertz CT molecular complexity index is 587. The van der Waals surface area contributed by atoms with Crippen LogP contribution in [0.15, 0.2) is 5.03 Å². The van der Waals surface area contributed by atoms with Gasteiger partial charge in [-0.3, -0.25) is 0 Å². The standard InChI is InChI=1S/C13H21N3O2S/c1-3-11-5-4-6-12-13(14-9(2)16(11)12)19(17,18)15-10-7-8-10/h10-11,15H,3-8H2,1-2H3. The first kappa shape index (κ1) is 13.1. The predicted molar refractivity (Wildman–Crippen MR) is 72.6 cm³/mol. The monoisotopic (exact) mass is 283 g/mol. The van der Waals surface area contributed by atoms with E-state index in [1.54, 1.807) is 0 Å². The minimum Gasteiger partial charge on any atom is -0.328 e. The molecule has 1 N–H and O–H groups in total. The van der Waals surface area contributed by atoms with Gasteiger partial charge in [-0.25, -0.2) is 18.1 Å². The molecule has 0 radical (unpaired) electrons. The minimum atomic E-state index is -3.43. The van der Waals surface area contributed by atoms with Crippen LogP contribution in [0.4, 0.5) is 0 Å². The van der Waals surface area contributed by atoms with Crippen LogP contribution >= 0.6 is 0 Å². The summed E-state index contributed by atoms with van der Waals surface area (Å²) < 4.78 is 29.6. The molecule has 1 fully saturated rings. The van der Waals surface area contributed by atoms with Crippen molar-refractivity contribution in [2.24, 2.45) is 0 Å². The van der Waals surface area contributed by atoms with Crippen molar-refractivity contribution in [2.75, 3.05) is 0 Å². The molecular formula is C13H21N3O2S. The molecule has 0 aromatic carbocycles. The normalized spacial score (nSPS) is 23.4. The number of hydrogen-bond donors (Lipinski definition) is 1. The Morgan fingerprint density at radius 3 is 2.74 bits per heavy atom. The lowest BCUT2D eigenvalue weighted by molar-refractivity contribution is 0.381. The number of rotatable bonds is 4. The average molecular weight is 283 g/mol. The third-order valence-electron chi connectivity index (χ3n) is 4.09. The second-order valence-electron chi connectivity index (χ2n) is 5.63. The highest BCUT2D eigenvalue weighted by Crippen LogP contribution is 2.33. The molecule has 1 saturated carbocycles. The molecule has 0 amide bonds. The Labute approximate surface area is 114 Å². The molecule has 5 nitrogen and oxygen atoms in total. The maximum Gasteiger partial charge on any atom is 0.260 e. The van der Waals surface area contributed by atoms with E-state index in [9.17, 15) is 8.42 Å². The molecule has 2 aliphatic rings. The Morgan fingerprint density at radius 2 is 2.11 bits per heavy atom. The molecular weight excluding hydrogens is 262 g/mol. The van der Waals surface area contributed by atoms with Gasteiger partial charge in [0, 0.05) is 12.1 Å². The zero-order valence-corrected chi connectivity index (χ0v) is 12.3. The summed E-state index contributed by atoms with van der Waals surface area (Å²) in [6.45, 7) is 4.06. The Kier molecular flexibility index (Phi) is 3.17. The Morgan fingerprint density at radius 1 is 1.37 bits per heavy atom. The van der Waals surface area contributed by atoms with Gasteiger partial charge in [-0.1, -0.05) is 6.92 Å². The molecule has 0 bridgehead atoms. The van der Waals surface area contributed by atoms with Gasteiger partial charge in [0.25, 0.3) is 10.0 Å². The third kappa shape index (κ3) is 2.31. The van der Waals surface area contributed by atoms with E-state index in [-0.39, 0.29) is 11.1 Å². The molecule has 106 valence electrons. The zero-order valence-electron chi connectivity index (χ0n) is 11.5. The van der Waals surface area contributed by atoms with Crippen LogP contribution in [-0.2, 0) is 16.4 Å². The molecule has 1 aliphatic carbocycles. The number of nitrogens with one attached hydrogen (secondary N) is 1. The number of imidazole rings is 1. The van der Waals surface area contributed by atoms with E-state index in [4.69, 9.17) is 0 Å². The summed E-state index contributed by atoms with van der Waals surface area (Å²) in [6, 6.07) is 0.536. The molecule has 1 atom stereocenters. The Hall–Kier alpha value is -0.880. The lowest BCUT2D eigenvalue weighted by Gasteiger charge is -2.26. The van der Waals surface area contributed by atoms with Crippen molar-refractivity contribution < 1.29 is 8.42 Å². The molecule has 19 heavy (non-hydrogen) atoms. The summed E-state index contributed by atoms with van der Waals surface area (Å²) in [5, 5.41) is 0.273. The minimum absolute atomic E-state index is 0.133. The van der Waals surface area contributed by atoms with Crippen LogP contribution in [0, 0.1) is 6.92 Å². The fraction of sp³-hybridized carbons (Fsp3) is 0.769. The molecule has 1 aromatic heterocycles. The maximum atomic E-state index is 12.4. The quantitative estimate of drug-likeness (QED) is 0.918. The fourth-order valence-corrected chi connectivity index (χ4v) is 4.54. The van der Waals surface area contributed by atoms with Crippen molar-refractivity contribution in [1.29, 1.82) is 0 Å². The van der Waals surface area contributed by atoms with Gasteiger partial charge in [-0.05, 0) is 45.4 Å². The van der Waals surface area contributed by atoms with Gasteiger partial charge in [0.05, 0.1) is 5.69 Å². The smallest absolute Gasteiger partial charge is 0.260 e. The highest BCUT2D eigenvalue weighted by molar-refractivity contribution is 7.89. The number of aryl methyl sites for hydroxylation is 1. The molecule has 0 saturated heterocycles. The van der Waals surface area contributed by atoms with Crippen molar-refractivity contribution >= 4 is 10.0 Å². The van der Waals surface area contributed by atoms with Crippen LogP contribution in [0.1, 0.15) is 56.6 Å². The zero-order chi connectivity index (χ0) is 13.6. The first-order chi connectivity index (χ1) is 9.03. The molecule has 6 heteroatoms. The summed E-state index contributed by atoms with van der Waals surface area (Å²) in [4.78, 5) is 4.36. The van der Waals surface area contributed by atoms with Gasteiger partial charge in [0.2, 0.25) is 0 Å². The first-order valence-electron chi connectivity index (χ1n) is 7.13. The lowest BCUT2D eigenvalue weighted by Crippen LogP contribution is -2.28. The van der Waals surface area contributed by atoms with Crippen LogP contribution in [0.3, 0.4) is 0 Å². The van der Waals surface area contributed by atoms with Gasteiger partial charge < -0.3 is 4.57 Å². The molecule has 0 spiro atoms. The average Bonchev–Trinajstić information content (AvgIpc) is 3.10. The Balaban J connectivity index is 2.03. The second-order valence-corrected chi connectivity index (χ2v) is 7.26. The highest BCUT2D eigenvalue weighted by atomic mass is 32.2. The van der Waals surface area contributed by atoms with E-state index < -0.39 is 10.0 Å². The molecule has 1 aromatic rings. The van der Waals surface area contributed by atoms with Crippen molar-refractivity contribution in [3.05, 3.63) is 11.5 Å². The number of sulfonamides is 1. The van der Waals surface area contributed by atoms with E-state index in [2.05, 4.69) is 21.2 Å². The van der Waals surface area contributed by atoms with Gasteiger partial charge in [0.15, 0.2) is 5.03 Å². The van der Waals surface area contributed by atoms with Crippen molar-refractivity contribution in [1.82, 2.24) is 14.3 Å². The third-order valence-corrected chi connectivity index (χ3v) is 5.57. The van der Waals surface area contributed by atoms with E-state index in [1.165, 1.54) is 0 Å². The highest BCUT2D eigenvalue weighted by Gasteiger charge is 2.34. The summed E-state index contributed by atoms with van der Waals surface area (Å²) in [5.74, 6) is 0.831. The van der Waals surface area contributed by atoms with Crippen molar-refractivity contribution in [3.8, 4) is 0 Å². The van der Waals surface area contributed by atoms with E-state index in [0.29, 0.717) is 6.04 Å². The van der Waals surface area contributed by atoms with Crippen molar-refractivity contribution in [2.45, 2.75) is 69.5 Å². The lowest BCUT2D eigenvalue weighted by atomic mass is 10.0. The number of aromatic nitrogens is 2. The van der Waals surface area contributed by atoms with Crippen LogP contribution in [0.2, 0.25) is 0 Å². The van der Waals surface area contributed by atoms with E-state index in [1.807, 2.05) is 6.92 Å². The maximum absolute atomic E-state index is 12.4. The van der Waals surface area contributed by atoms with Gasteiger partial charge in [-0.2, -0.15) is 0 Å². The summed E-state index contributed by atoms with van der Waals surface area (Å²) in [7, 11) is -3.43. The van der Waals surface area contributed by atoms with Gasteiger partial charge >= 0.3 is 0 Å². The molecule has 1 unspecified atom stereocenters. The number of fused-ring (bicyclic) bond motifs is 1. The fourth-order valence-electron chi connectivity index (χ4n) is 2.99. The largest absolute Gasteiger partial charge is 0.328 e. The van der Waals surface area contributed by atoms with Gasteiger partial charge in [-0.15, -0.1) is 0 Å². The number of hydrogen-bond acceptors (Lipinski definition) is 3. The van der Waals surface area contributed by atoms with Crippen LogP contribution in [-0.4, -0.2) is 24.0 Å². The summed E-state index contributed by atoms with van der Waals surface area (Å²) in [5.41, 5.74) is 0.906. The van der Waals surface area contributed by atoms with Crippen LogP contribution < -0.4 is 4.72 Å². The summed E-state index contributed by atoms with van der Waals surface area (Å²) >= 11 is 0. The number of nitrogens with zero attached hydrogens (tertiary/aromatic N) is 2. The second kappa shape index (κ2) is 4.59. The topological polar surface area (TPSA) is 64.0 Å². The summed E-state index contributed by atoms with van der Waals surface area (Å²) in [6.07, 6.45) is 5.92. The van der Waals surface area contributed by atoms with E-state index >= 15 is 0 Å². The first-order valence-corrected chi connectivity index (χ1v) is 8.61. The van der Waals surface area contributed by atoms with Gasteiger partial charge in [0.1, 0.15) is 5.82 Å². The van der Waals surface area contributed by atoms with Crippen LogP contribution in [0.25, 0.3) is 0 Å². The van der Waals surface area contributed by atoms with Crippen LogP contribution in [0.5, 0.6) is 0 Å². The predicted octanol–water partition coefficient (Wildman–Crippen LogP) is 1.92. The van der Waals surface area contributed by atoms with Crippen molar-refractivity contribution in [3.63, 3.8) is 0 Å². The van der Waals surface area contributed by atoms with E-state index in [0.717, 1.165) is 50.0 Å². The SMILES string of the molecule is CCC1CCCc2c(S(=O)(=O)NC3CC3)nc(C)n21. The molecule has 1 aliphatic heterocycles. The molecule has 2 heterocycles.